The summed E-state index contributed by atoms with van der Waals surface area (Å²) >= 11 is 0. The first kappa shape index (κ1) is 7.99. The largest absolute Gasteiger partial charge is 0.298 e. The summed E-state index contributed by atoms with van der Waals surface area (Å²) in [6.07, 6.45) is 3.72. The Morgan fingerprint density at radius 2 is 2.40 bits per heavy atom. The average Bonchev–Trinajstić information content (AvgIpc) is 2.36. The quantitative estimate of drug-likeness (QED) is 0.585. The van der Waals surface area contributed by atoms with E-state index in [1.165, 1.54) is 19.3 Å². The van der Waals surface area contributed by atoms with E-state index in [1.807, 2.05) is 0 Å². The van der Waals surface area contributed by atoms with E-state index < -0.39 is 0 Å². The highest BCUT2D eigenvalue weighted by Gasteiger charge is 2.21. The molecule has 0 aliphatic carbocycles. The molecule has 1 saturated heterocycles. The third-order valence-corrected chi connectivity index (χ3v) is 2.34. The van der Waals surface area contributed by atoms with Gasteiger partial charge in [0.25, 0.3) is 0 Å². The maximum atomic E-state index is 11.9. The van der Waals surface area contributed by atoms with Crippen LogP contribution in [0, 0.1) is 0 Å². The van der Waals surface area contributed by atoms with Gasteiger partial charge in [0.1, 0.15) is 6.67 Å². The molecular weight excluding hydrogens is 129 g/mol. The highest BCUT2D eigenvalue weighted by molar-refractivity contribution is 4.77. The van der Waals surface area contributed by atoms with Crippen molar-refractivity contribution in [2.45, 2.75) is 32.2 Å². The van der Waals surface area contributed by atoms with Crippen LogP contribution in [0.1, 0.15) is 26.2 Å². The monoisotopic (exact) mass is 145 g/mol. The second-order valence-electron chi connectivity index (χ2n) is 2.93. The van der Waals surface area contributed by atoms with Crippen LogP contribution in [-0.2, 0) is 0 Å². The lowest BCUT2D eigenvalue weighted by molar-refractivity contribution is 0.226. The first-order chi connectivity index (χ1) is 4.88. The van der Waals surface area contributed by atoms with Crippen molar-refractivity contribution in [1.82, 2.24) is 4.90 Å². The van der Waals surface area contributed by atoms with Gasteiger partial charge in [0.05, 0.1) is 0 Å². The summed E-state index contributed by atoms with van der Waals surface area (Å²) in [6.45, 7) is 3.76. The van der Waals surface area contributed by atoms with E-state index in [9.17, 15) is 4.39 Å². The van der Waals surface area contributed by atoms with Crippen molar-refractivity contribution >= 4 is 0 Å². The Bertz CT molecular complexity index is 95.3. The van der Waals surface area contributed by atoms with Crippen molar-refractivity contribution in [3.05, 3.63) is 0 Å². The molecule has 0 aromatic carbocycles. The van der Waals surface area contributed by atoms with Crippen LogP contribution in [0.2, 0.25) is 0 Å². The van der Waals surface area contributed by atoms with Gasteiger partial charge in [-0.05, 0) is 25.8 Å². The maximum Gasteiger partial charge on any atom is 0.102 e. The van der Waals surface area contributed by atoms with Gasteiger partial charge >= 0.3 is 0 Å². The number of nitrogens with zero attached hydrogens (tertiary/aromatic N) is 1. The minimum absolute atomic E-state index is 0.184. The number of hydrogen-bond acceptors (Lipinski definition) is 1. The van der Waals surface area contributed by atoms with E-state index in [0.717, 1.165) is 6.54 Å². The molecule has 1 heterocycles. The molecule has 0 spiro atoms. The van der Waals surface area contributed by atoms with Crippen LogP contribution < -0.4 is 0 Å². The molecule has 1 atom stereocenters. The molecule has 0 saturated carbocycles. The van der Waals surface area contributed by atoms with Crippen LogP contribution in [0.4, 0.5) is 4.39 Å². The van der Waals surface area contributed by atoms with Crippen molar-refractivity contribution < 1.29 is 4.39 Å². The molecule has 0 aromatic rings. The molecule has 10 heavy (non-hydrogen) atoms. The summed E-state index contributed by atoms with van der Waals surface area (Å²) in [6, 6.07) is 0.677. The molecule has 0 N–H and O–H groups in total. The van der Waals surface area contributed by atoms with E-state index in [2.05, 4.69) is 11.8 Å². The number of halogens is 1. The topological polar surface area (TPSA) is 3.24 Å². The Morgan fingerprint density at radius 3 is 3.00 bits per heavy atom. The lowest BCUT2D eigenvalue weighted by atomic mass is 10.2. The Morgan fingerprint density at radius 1 is 1.60 bits per heavy atom. The van der Waals surface area contributed by atoms with Gasteiger partial charge in [0.2, 0.25) is 0 Å². The van der Waals surface area contributed by atoms with Crippen LogP contribution in [0.3, 0.4) is 0 Å². The van der Waals surface area contributed by atoms with Crippen LogP contribution in [0.5, 0.6) is 0 Å². The van der Waals surface area contributed by atoms with Gasteiger partial charge in [-0.1, -0.05) is 6.92 Å². The second-order valence-corrected chi connectivity index (χ2v) is 2.93. The zero-order valence-corrected chi connectivity index (χ0v) is 6.65. The molecule has 0 aromatic heterocycles. The fourth-order valence-corrected chi connectivity index (χ4v) is 1.76. The zero-order valence-electron chi connectivity index (χ0n) is 6.65. The fraction of sp³-hybridized carbons (Fsp3) is 1.00. The van der Waals surface area contributed by atoms with Gasteiger partial charge in [-0.15, -0.1) is 0 Å². The normalized spacial score (nSPS) is 27.6. The van der Waals surface area contributed by atoms with Crippen molar-refractivity contribution in [2.75, 3.05) is 19.8 Å². The van der Waals surface area contributed by atoms with Gasteiger partial charge in [0, 0.05) is 12.6 Å². The minimum Gasteiger partial charge on any atom is -0.298 e. The van der Waals surface area contributed by atoms with Gasteiger partial charge in [-0.25, -0.2) is 4.39 Å². The van der Waals surface area contributed by atoms with E-state index in [-0.39, 0.29) is 6.67 Å². The molecule has 0 unspecified atom stereocenters. The van der Waals surface area contributed by atoms with Crippen molar-refractivity contribution in [1.29, 1.82) is 0 Å². The molecule has 1 aliphatic heterocycles. The first-order valence-corrected chi connectivity index (χ1v) is 4.18. The molecule has 1 rings (SSSR count). The van der Waals surface area contributed by atoms with Gasteiger partial charge < -0.3 is 0 Å². The lowest BCUT2D eigenvalue weighted by Gasteiger charge is -2.21. The van der Waals surface area contributed by atoms with Crippen LogP contribution >= 0.6 is 0 Å². The highest BCUT2D eigenvalue weighted by atomic mass is 19.1. The summed E-state index contributed by atoms with van der Waals surface area (Å²) < 4.78 is 11.9. The number of rotatable bonds is 3. The van der Waals surface area contributed by atoms with Crippen LogP contribution in [-0.4, -0.2) is 30.7 Å². The molecule has 2 heteroatoms. The van der Waals surface area contributed by atoms with E-state index in [4.69, 9.17) is 0 Å². The maximum absolute atomic E-state index is 11.9. The smallest absolute Gasteiger partial charge is 0.102 e. The SMILES string of the molecule is CC[C@@H]1CCCN1CCF. The summed E-state index contributed by atoms with van der Waals surface area (Å²) in [5.74, 6) is 0. The summed E-state index contributed by atoms with van der Waals surface area (Å²) in [5.41, 5.74) is 0. The Labute approximate surface area is 62.2 Å². The predicted molar refractivity (Wildman–Crippen MR) is 40.9 cm³/mol. The lowest BCUT2D eigenvalue weighted by Crippen LogP contribution is -2.30. The van der Waals surface area contributed by atoms with E-state index in [1.54, 1.807) is 0 Å². The number of hydrogen-bond donors (Lipinski definition) is 0. The Balaban J connectivity index is 2.27. The molecule has 0 radical (unpaired) electrons. The van der Waals surface area contributed by atoms with Crippen molar-refractivity contribution in [2.24, 2.45) is 0 Å². The van der Waals surface area contributed by atoms with Crippen LogP contribution in [0.25, 0.3) is 0 Å². The van der Waals surface area contributed by atoms with Crippen molar-refractivity contribution in [3.63, 3.8) is 0 Å². The Kier molecular flexibility index (Phi) is 3.13. The molecule has 1 fully saturated rings. The number of likely N-dealkylation sites (tertiary alicyclic amines) is 1. The van der Waals surface area contributed by atoms with E-state index in [0.29, 0.717) is 12.6 Å². The summed E-state index contributed by atoms with van der Waals surface area (Å²) in [5, 5.41) is 0. The zero-order chi connectivity index (χ0) is 7.40. The Hall–Kier alpha value is -0.110. The van der Waals surface area contributed by atoms with Crippen LogP contribution in [0.15, 0.2) is 0 Å². The van der Waals surface area contributed by atoms with E-state index >= 15 is 0 Å². The minimum atomic E-state index is -0.184. The average molecular weight is 145 g/mol. The second kappa shape index (κ2) is 3.91. The van der Waals surface area contributed by atoms with Gasteiger partial charge in [-0.3, -0.25) is 4.90 Å². The molecule has 0 bridgehead atoms. The summed E-state index contributed by atoms with van der Waals surface area (Å²) in [7, 11) is 0. The predicted octanol–water partition coefficient (Wildman–Crippen LogP) is 1.83. The van der Waals surface area contributed by atoms with Crippen molar-refractivity contribution in [3.8, 4) is 0 Å². The summed E-state index contributed by atoms with van der Waals surface area (Å²) in [4.78, 5) is 2.26. The standard InChI is InChI=1S/C8H16FN/c1-2-8-4-3-6-10(8)7-5-9/h8H,2-7H2,1H3/t8-/m1/s1. The van der Waals surface area contributed by atoms with Gasteiger partial charge in [0.15, 0.2) is 0 Å². The molecule has 0 amide bonds. The third-order valence-electron chi connectivity index (χ3n) is 2.34. The molecule has 60 valence electrons. The van der Waals surface area contributed by atoms with Gasteiger partial charge in [-0.2, -0.15) is 0 Å². The first-order valence-electron chi connectivity index (χ1n) is 4.18. The molecule has 1 nitrogen and oxygen atoms in total. The highest BCUT2D eigenvalue weighted by Crippen LogP contribution is 2.18. The fourth-order valence-electron chi connectivity index (χ4n) is 1.76. The third kappa shape index (κ3) is 1.69. The number of alkyl halides is 1. The molecular formula is C8H16FN. The molecule has 1 aliphatic rings.